The maximum atomic E-state index is 12.1. The predicted octanol–water partition coefficient (Wildman–Crippen LogP) is 5.20. The summed E-state index contributed by atoms with van der Waals surface area (Å²) in [7, 11) is 0. The molecule has 0 aromatic heterocycles. The Morgan fingerprint density at radius 2 is 1.70 bits per heavy atom. The van der Waals surface area contributed by atoms with Gasteiger partial charge in [0.1, 0.15) is 6.61 Å². The monoisotopic (exact) mass is 557 g/mol. The van der Waals surface area contributed by atoms with Crippen LogP contribution in [0.15, 0.2) is 54.6 Å². The zero-order valence-electron chi connectivity index (χ0n) is 13.7. The molecule has 0 heterocycles. The van der Waals surface area contributed by atoms with E-state index in [0.29, 0.717) is 0 Å². The van der Waals surface area contributed by atoms with Crippen molar-refractivity contribution in [2.45, 2.75) is 16.6 Å². The van der Waals surface area contributed by atoms with E-state index in [4.69, 9.17) is 51.8 Å². The summed E-state index contributed by atoms with van der Waals surface area (Å²) in [5, 5.41) is 8.40. The van der Waals surface area contributed by atoms with Gasteiger partial charge in [0.2, 0.25) is 3.79 Å². The number of halogens is 4. The number of amides is 1. The van der Waals surface area contributed by atoms with Crippen LogP contribution in [0, 0.1) is 3.57 Å². The summed E-state index contributed by atoms with van der Waals surface area (Å²) in [5.74, 6) is 0. The van der Waals surface area contributed by atoms with Gasteiger partial charge < -0.3 is 15.4 Å². The lowest BCUT2D eigenvalue weighted by atomic mass is 10.2. The third-order valence-electron chi connectivity index (χ3n) is 3.20. The average Bonchev–Trinajstić information content (AvgIpc) is 2.61. The second-order valence-electron chi connectivity index (χ2n) is 5.26. The number of carbonyl (C=O) groups excluding carboxylic acids is 1. The molecule has 10 heteroatoms. The number of ether oxygens (including phenoxy) is 1. The summed E-state index contributed by atoms with van der Waals surface area (Å²) in [4.78, 5) is 12.1. The normalized spacial score (nSPS) is 12.0. The van der Waals surface area contributed by atoms with E-state index in [1.165, 1.54) is 0 Å². The van der Waals surface area contributed by atoms with Crippen LogP contribution in [-0.2, 0) is 11.3 Å². The van der Waals surface area contributed by atoms with Gasteiger partial charge in [0.15, 0.2) is 11.3 Å². The second kappa shape index (κ2) is 10.5. The van der Waals surface area contributed by atoms with Gasteiger partial charge in [0, 0.05) is 3.57 Å². The van der Waals surface area contributed by atoms with Crippen molar-refractivity contribution in [1.29, 1.82) is 0 Å². The van der Waals surface area contributed by atoms with Crippen molar-refractivity contribution < 1.29 is 9.53 Å². The van der Waals surface area contributed by atoms with E-state index in [-0.39, 0.29) is 11.7 Å². The molecule has 0 radical (unpaired) electrons. The van der Waals surface area contributed by atoms with Gasteiger partial charge in [-0.2, -0.15) is 0 Å². The Morgan fingerprint density at radius 3 is 2.33 bits per heavy atom. The first kappa shape index (κ1) is 22.3. The van der Waals surface area contributed by atoms with Crippen molar-refractivity contribution in [3.8, 4) is 0 Å². The fourth-order valence-electron chi connectivity index (χ4n) is 1.93. The molecule has 0 fully saturated rings. The number of para-hydroxylation sites is 1. The molecular weight excluding hydrogens is 544 g/mol. The zero-order valence-corrected chi connectivity index (χ0v) is 19.0. The fourth-order valence-corrected chi connectivity index (χ4v) is 3.01. The molecule has 0 aliphatic heterocycles. The molecular formula is C17H15Cl3IN3O2S. The largest absolute Gasteiger partial charge is 0.445 e. The number of anilines is 1. The standard InChI is InChI=1S/C17H15Cl3IN3O2S/c18-17(19,20)14(23-15(27)22-13-9-5-4-8-12(13)21)24-16(25)26-10-11-6-2-1-3-7-11/h1-9,14H,10H2,(H,24,25)(H2,22,23,27). The van der Waals surface area contributed by atoms with Crippen molar-refractivity contribution in [2.24, 2.45) is 0 Å². The summed E-state index contributed by atoms with van der Waals surface area (Å²) in [6, 6.07) is 16.7. The summed E-state index contributed by atoms with van der Waals surface area (Å²) >= 11 is 25.2. The van der Waals surface area contributed by atoms with Gasteiger partial charge in [-0.25, -0.2) is 4.79 Å². The number of hydrogen-bond donors (Lipinski definition) is 3. The number of benzene rings is 2. The Kier molecular flexibility index (Phi) is 8.68. The van der Waals surface area contributed by atoms with E-state index in [1.807, 2.05) is 54.6 Å². The molecule has 0 spiro atoms. The highest BCUT2D eigenvalue weighted by molar-refractivity contribution is 14.1. The van der Waals surface area contributed by atoms with Crippen molar-refractivity contribution in [1.82, 2.24) is 10.6 Å². The van der Waals surface area contributed by atoms with Crippen LogP contribution in [0.25, 0.3) is 0 Å². The fraction of sp³-hybridized carbons (Fsp3) is 0.176. The summed E-state index contributed by atoms with van der Waals surface area (Å²) in [6.45, 7) is 0.0875. The van der Waals surface area contributed by atoms with E-state index in [9.17, 15) is 4.79 Å². The summed E-state index contributed by atoms with van der Waals surface area (Å²) in [6.07, 6.45) is -1.85. The first-order valence-corrected chi connectivity index (χ1v) is 10.2. The first-order valence-electron chi connectivity index (χ1n) is 7.61. The Balaban J connectivity index is 1.93. The minimum absolute atomic E-state index is 0.0875. The molecule has 1 unspecified atom stereocenters. The number of alkyl carbamates (subject to hydrolysis) is 1. The lowest BCUT2D eigenvalue weighted by molar-refractivity contribution is 0.135. The summed E-state index contributed by atoms with van der Waals surface area (Å²) < 4.78 is 4.24. The predicted molar refractivity (Wildman–Crippen MR) is 122 cm³/mol. The molecule has 2 aromatic rings. The SMILES string of the molecule is O=C(NC(NC(=S)Nc1ccccc1I)C(Cl)(Cl)Cl)OCc1ccccc1. The van der Waals surface area contributed by atoms with E-state index < -0.39 is 16.1 Å². The van der Waals surface area contributed by atoms with Crippen LogP contribution in [0.3, 0.4) is 0 Å². The lowest BCUT2D eigenvalue weighted by Crippen LogP contribution is -2.56. The Morgan fingerprint density at radius 1 is 1.07 bits per heavy atom. The molecule has 2 aromatic carbocycles. The minimum atomic E-state index is -1.86. The van der Waals surface area contributed by atoms with Crippen LogP contribution in [0.5, 0.6) is 0 Å². The van der Waals surface area contributed by atoms with Gasteiger partial charge in [0.05, 0.1) is 5.69 Å². The number of alkyl halides is 3. The third kappa shape index (κ3) is 7.87. The second-order valence-corrected chi connectivity index (χ2v) is 9.20. The third-order valence-corrected chi connectivity index (χ3v) is 5.02. The van der Waals surface area contributed by atoms with Crippen LogP contribution < -0.4 is 16.0 Å². The van der Waals surface area contributed by atoms with Crippen LogP contribution in [0.1, 0.15) is 5.56 Å². The zero-order chi connectivity index (χ0) is 19.9. The Labute approximate surface area is 191 Å². The Bertz CT molecular complexity index is 790. The number of nitrogens with one attached hydrogen (secondary N) is 3. The van der Waals surface area contributed by atoms with Crippen LogP contribution >= 0.6 is 69.6 Å². The minimum Gasteiger partial charge on any atom is -0.445 e. The molecule has 27 heavy (non-hydrogen) atoms. The van der Waals surface area contributed by atoms with Crippen molar-refractivity contribution in [3.05, 3.63) is 63.7 Å². The quantitative estimate of drug-likeness (QED) is 0.204. The highest BCUT2D eigenvalue weighted by atomic mass is 127. The number of rotatable bonds is 5. The van der Waals surface area contributed by atoms with Crippen molar-refractivity contribution >= 4 is 86.5 Å². The number of thiocarbonyl (C=S) groups is 1. The molecule has 0 saturated heterocycles. The smallest absolute Gasteiger partial charge is 0.409 e. The van der Waals surface area contributed by atoms with Gasteiger partial charge in [-0.15, -0.1) is 0 Å². The van der Waals surface area contributed by atoms with E-state index in [2.05, 4.69) is 38.5 Å². The molecule has 144 valence electrons. The molecule has 0 bridgehead atoms. The lowest BCUT2D eigenvalue weighted by Gasteiger charge is -2.27. The first-order chi connectivity index (χ1) is 12.8. The molecule has 5 nitrogen and oxygen atoms in total. The van der Waals surface area contributed by atoms with Gasteiger partial charge in [-0.1, -0.05) is 77.3 Å². The maximum absolute atomic E-state index is 12.1. The van der Waals surface area contributed by atoms with Gasteiger partial charge in [-0.05, 0) is 52.5 Å². The van der Waals surface area contributed by atoms with Crippen molar-refractivity contribution in [3.63, 3.8) is 0 Å². The molecule has 0 aliphatic rings. The average molecular weight is 559 g/mol. The Hall–Kier alpha value is -1.000. The van der Waals surface area contributed by atoms with Gasteiger partial charge in [0.25, 0.3) is 0 Å². The van der Waals surface area contributed by atoms with Crippen molar-refractivity contribution in [2.75, 3.05) is 5.32 Å². The molecule has 0 aliphatic carbocycles. The van der Waals surface area contributed by atoms with E-state index >= 15 is 0 Å². The highest BCUT2D eigenvalue weighted by Gasteiger charge is 2.35. The number of hydrogen-bond acceptors (Lipinski definition) is 3. The van der Waals surface area contributed by atoms with Gasteiger partial charge >= 0.3 is 6.09 Å². The molecule has 0 saturated carbocycles. The molecule has 2 rings (SSSR count). The van der Waals surface area contributed by atoms with E-state index in [0.717, 1.165) is 14.8 Å². The van der Waals surface area contributed by atoms with Crippen LogP contribution in [-0.4, -0.2) is 21.2 Å². The number of carbonyl (C=O) groups is 1. The molecule has 1 atom stereocenters. The van der Waals surface area contributed by atoms with Crippen LogP contribution in [0.2, 0.25) is 0 Å². The maximum Gasteiger partial charge on any atom is 0.409 e. The van der Waals surface area contributed by atoms with Crippen LogP contribution in [0.4, 0.5) is 10.5 Å². The molecule has 1 amide bonds. The molecule has 3 N–H and O–H groups in total. The highest BCUT2D eigenvalue weighted by Crippen LogP contribution is 2.29. The summed E-state index contributed by atoms with van der Waals surface area (Å²) in [5.41, 5.74) is 1.62. The topological polar surface area (TPSA) is 62.4 Å². The van der Waals surface area contributed by atoms with Gasteiger partial charge in [-0.3, -0.25) is 5.32 Å². The van der Waals surface area contributed by atoms with E-state index in [1.54, 1.807) is 0 Å².